The molecule has 4 heteroatoms. The molecule has 0 radical (unpaired) electrons. The number of alkyl halides is 1. The van der Waals surface area contributed by atoms with Gasteiger partial charge in [-0.15, -0.1) is 0 Å². The Balaban J connectivity index is 2.37. The number of benzene rings is 1. The van der Waals surface area contributed by atoms with Crippen LogP contribution < -0.4 is 10.1 Å². The van der Waals surface area contributed by atoms with E-state index < -0.39 is 0 Å². The summed E-state index contributed by atoms with van der Waals surface area (Å²) in [5.74, 6) is 0.897. The van der Waals surface area contributed by atoms with Gasteiger partial charge in [-0.2, -0.15) is 0 Å². The molecule has 0 aromatic heterocycles. The number of hydrogen-bond acceptors (Lipinski definition) is 2. The van der Waals surface area contributed by atoms with Crippen molar-refractivity contribution in [3.8, 4) is 5.75 Å². The molecular formula is C8H8ClINO+. The summed E-state index contributed by atoms with van der Waals surface area (Å²) in [6, 6.07) is 5.72. The molecule has 0 aliphatic carbocycles. The second kappa shape index (κ2) is 3.30. The number of fused-ring (bicyclic) bond motifs is 1. The molecule has 64 valence electrons. The molecule has 2 nitrogen and oxygen atoms in total. The monoisotopic (exact) mass is 296 g/mol. The zero-order chi connectivity index (χ0) is 8.55. The summed E-state index contributed by atoms with van der Waals surface area (Å²) in [5, 5.41) is 4.10. The maximum Gasteiger partial charge on any atom is 0.227 e. The van der Waals surface area contributed by atoms with Crippen LogP contribution in [0.5, 0.6) is 5.75 Å². The third-order valence-corrected chi connectivity index (χ3v) is 2.61. The van der Waals surface area contributed by atoms with Crippen LogP contribution in [0.15, 0.2) is 18.2 Å². The number of rotatable bonds is 0. The molecule has 1 unspecified atom stereocenters. The van der Waals surface area contributed by atoms with Crippen LogP contribution in [0.3, 0.4) is 0 Å². The first kappa shape index (κ1) is 8.44. The highest BCUT2D eigenvalue weighted by Gasteiger charge is 2.17. The minimum Gasteiger partial charge on any atom is -0.476 e. The van der Waals surface area contributed by atoms with Crippen LogP contribution in [-0.2, 0) is 0 Å². The van der Waals surface area contributed by atoms with Crippen molar-refractivity contribution < 1.29 is 16.3 Å². The fourth-order valence-corrected chi connectivity index (χ4v) is 1.80. The van der Waals surface area contributed by atoms with Gasteiger partial charge in [0, 0.05) is 12.1 Å². The second-order valence-corrected chi connectivity index (χ2v) is 4.43. The molecule has 2 rings (SSSR count). The lowest BCUT2D eigenvalue weighted by molar-refractivity contribution is -0.288. The fourth-order valence-electron chi connectivity index (χ4n) is 1.12. The second-order valence-electron chi connectivity index (χ2n) is 2.57. The van der Waals surface area contributed by atoms with Gasteiger partial charge in [-0.1, -0.05) is 0 Å². The minimum absolute atomic E-state index is 0.214. The van der Waals surface area contributed by atoms with E-state index in [1.54, 1.807) is 0 Å². The maximum absolute atomic E-state index is 5.56. The van der Waals surface area contributed by atoms with Crippen LogP contribution in [-0.4, -0.2) is 10.7 Å². The van der Waals surface area contributed by atoms with Crippen molar-refractivity contribution in [2.45, 2.75) is 4.11 Å². The maximum atomic E-state index is 5.56. The van der Waals surface area contributed by atoms with Gasteiger partial charge in [0.1, 0.15) is 5.75 Å². The third kappa shape index (κ3) is 1.61. The van der Waals surface area contributed by atoms with Crippen LogP contribution in [0, 0.1) is 11.6 Å². The summed E-state index contributed by atoms with van der Waals surface area (Å²) < 4.78 is 5.78. The molecule has 0 amide bonds. The Hall–Kier alpha value is -0.160. The van der Waals surface area contributed by atoms with Gasteiger partial charge >= 0.3 is 0 Å². The van der Waals surface area contributed by atoms with Crippen LogP contribution in [0.2, 0.25) is 5.02 Å². The summed E-state index contributed by atoms with van der Waals surface area (Å²) in [7, 11) is 0. The number of nitrogens with one attached hydrogen (secondary N) is 1. The van der Waals surface area contributed by atoms with Crippen molar-refractivity contribution in [3.63, 3.8) is 0 Å². The average molecular weight is 297 g/mol. The van der Waals surface area contributed by atoms with E-state index >= 15 is 0 Å². The molecule has 0 spiro atoms. The van der Waals surface area contributed by atoms with E-state index in [1.165, 1.54) is 0 Å². The summed E-state index contributed by atoms with van der Waals surface area (Å²) in [4.78, 5) is 0. The molecule has 1 aliphatic heterocycles. The Kier molecular flexibility index (Phi) is 2.32. The van der Waals surface area contributed by atoms with Gasteiger partial charge in [-0.25, -0.2) is 0 Å². The first-order chi connectivity index (χ1) is 5.75. The molecule has 0 fully saturated rings. The van der Waals surface area contributed by atoms with E-state index in [0.29, 0.717) is 0 Å². The van der Waals surface area contributed by atoms with Gasteiger partial charge in [0.15, 0.2) is 15.7 Å². The summed E-state index contributed by atoms with van der Waals surface area (Å²) in [5.41, 5.74) is 1.01. The molecule has 0 bridgehead atoms. The quantitative estimate of drug-likeness (QED) is 0.584. The minimum atomic E-state index is 0.214. The van der Waals surface area contributed by atoms with Crippen molar-refractivity contribution in [1.82, 2.24) is 0 Å². The van der Waals surface area contributed by atoms with E-state index in [-0.39, 0.29) is 4.11 Å². The molecule has 0 saturated heterocycles. The molecule has 1 aromatic rings. The van der Waals surface area contributed by atoms with Crippen molar-refractivity contribution in [3.05, 3.63) is 23.2 Å². The Morgan fingerprint density at radius 1 is 1.58 bits per heavy atom. The van der Waals surface area contributed by atoms with Crippen molar-refractivity contribution in [2.75, 3.05) is 11.9 Å². The normalized spacial score (nSPS) is 20.7. The largest absolute Gasteiger partial charge is 0.476 e. The molecule has 0 saturated carbocycles. The lowest BCUT2D eigenvalue weighted by Crippen LogP contribution is -2.24. The lowest BCUT2D eigenvalue weighted by atomic mass is 10.2. The molecule has 1 atom stereocenters. The lowest BCUT2D eigenvalue weighted by Gasteiger charge is -2.22. The average Bonchev–Trinajstić information content (AvgIpc) is 2.05. The van der Waals surface area contributed by atoms with Crippen LogP contribution in [0.25, 0.3) is 0 Å². The van der Waals surface area contributed by atoms with Gasteiger partial charge in [-0.05, 0) is 28.7 Å². The van der Waals surface area contributed by atoms with Gasteiger partial charge in [0.25, 0.3) is 0 Å². The summed E-state index contributed by atoms with van der Waals surface area (Å²) in [6.45, 7) is 0.840. The Morgan fingerprint density at radius 2 is 2.42 bits per heavy atom. The molecule has 1 aliphatic rings. The molecule has 1 aromatic carbocycles. The topological polar surface area (TPSA) is 21.3 Å². The van der Waals surface area contributed by atoms with Gasteiger partial charge in [0.05, 0.1) is 12.2 Å². The van der Waals surface area contributed by atoms with Crippen molar-refractivity contribution in [2.24, 2.45) is 0 Å². The molecular weight excluding hydrogens is 288 g/mol. The molecule has 1 heterocycles. The Morgan fingerprint density at radius 3 is 3.25 bits per heavy atom. The highest BCUT2D eigenvalue weighted by molar-refractivity contribution is 14.1. The van der Waals surface area contributed by atoms with Gasteiger partial charge < -0.3 is 10.1 Å². The van der Waals surface area contributed by atoms with Crippen LogP contribution >= 0.6 is 22.6 Å². The Labute approximate surface area is 89.4 Å². The number of ether oxygens (including phenoxy) is 1. The predicted octanol–water partition coefficient (Wildman–Crippen LogP) is 1.95. The standard InChI is InChI=1S/C8H8ClINO/c9-5-1-2-7-6(3-5)11-4-8(10)12-7/h1-3,8-9,11H,4H2/q+1. The predicted molar refractivity (Wildman–Crippen MR) is 53.9 cm³/mol. The SMILES string of the molecule is [ClH+]c1ccc2c(c1)NCC(I)O2. The summed E-state index contributed by atoms with van der Waals surface area (Å²) in [6.07, 6.45) is 0. The number of hydrogen-bond donors (Lipinski definition) is 1. The smallest absolute Gasteiger partial charge is 0.227 e. The summed E-state index contributed by atoms with van der Waals surface area (Å²) >= 11 is 7.28. The van der Waals surface area contributed by atoms with Crippen LogP contribution in [0.1, 0.15) is 0 Å². The highest BCUT2D eigenvalue weighted by atomic mass is 127. The Bertz CT molecular complexity index is 305. The third-order valence-electron chi connectivity index (χ3n) is 1.66. The number of halogens is 2. The van der Waals surface area contributed by atoms with Crippen molar-refractivity contribution in [1.29, 1.82) is 0 Å². The van der Waals surface area contributed by atoms with Crippen LogP contribution in [0.4, 0.5) is 5.69 Å². The van der Waals surface area contributed by atoms with E-state index in [0.717, 1.165) is 23.0 Å². The highest BCUT2D eigenvalue weighted by Crippen LogP contribution is 2.31. The van der Waals surface area contributed by atoms with E-state index in [4.69, 9.17) is 16.3 Å². The van der Waals surface area contributed by atoms with E-state index in [9.17, 15) is 0 Å². The number of anilines is 1. The van der Waals surface area contributed by atoms with Crippen molar-refractivity contribution >= 4 is 28.3 Å². The molecule has 1 N–H and O–H groups in total. The molecule has 12 heavy (non-hydrogen) atoms. The fraction of sp³-hybridized carbons (Fsp3) is 0.250. The first-order valence-corrected chi connectivity index (χ1v) is 5.27. The zero-order valence-corrected chi connectivity index (χ0v) is 9.18. The van der Waals surface area contributed by atoms with Gasteiger partial charge in [0.2, 0.25) is 5.02 Å². The first-order valence-electron chi connectivity index (χ1n) is 3.61. The van der Waals surface area contributed by atoms with Gasteiger partial charge in [-0.3, -0.25) is 0 Å². The van der Waals surface area contributed by atoms with E-state index in [2.05, 4.69) is 27.9 Å². The zero-order valence-electron chi connectivity index (χ0n) is 6.21. The van der Waals surface area contributed by atoms with E-state index in [1.807, 2.05) is 18.2 Å².